The Bertz CT molecular complexity index is 1260. The van der Waals surface area contributed by atoms with Crippen molar-refractivity contribution in [3.63, 3.8) is 0 Å². The first kappa shape index (κ1) is 20.2. The maximum Gasteiger partial charge on any atom is 0.275 e. The fourth-order valence-electron chi connectivity index (χ4n) is 4.13. The van der Waals surface area contributed by atoms with Crippen LogP contribution in [-0.2, 0) is 0 Å². The zero-order valence-electron chi connectivity index (χ0n) is 16.9. The number of rotatable bonds is 4. The van der Waals surface area contributed by atoms with Crippen molar-refractivity contribution in [3.05, 3.63) is 76.3 Å². The van der Waals surface area contributed by atoms with E-state index < -0.39 is 0 Å². The third kappa shape index (κ3) is 3.99. The predicted molar refractivity (Wildman–Crippen MR) is 128 cm³/mol. The van der Waals surface area contributed by atoms with Crippen LogP contribution in [-0.4, -0.2) is 34.4 Å². The van der Waals surface area contributed by atoms with Crippen LogP contribution >= 0.6 is 22.9 Å². The van der Waals surface area contributed by atoms with Gasteiger partial charge >= 0.3 is 0 Å². The Kier molecular flexibility index (Phi) is 5.52. The molecular formula is C24H22ClN3O2S. The summed E-state index contributed by atoms with van der Waals surface area (Å²) >= 11 is 7.44. The first-order chi connectivity index (χ1) is 15.1. The normalized spacial score (nSPS) is 16.7. The van der Waals surface area contributed by atoms with Gasteiger partial charge in [-0.05, 0) is 66.8 Å². The Morgan fingerprint density at radius 1 is 1.10 bits per heavy atom. The number of hydrogen-bond donors (Lipinski definition) is 1. The van der Waals surface area contributed by atoms with Gasteiger partial charge in [-0.15, -0.1) is 11.3 Å². The van der Waals surface area contributed by atoms with E-state index in [0.717, 1.165) is 47.7 Å². The van der Waals surface area contributed by atoms with Crippen molar-refractivity contribution < 1.29 is 5.11 Å². The van der Waals surface area contributed by atoms with Crippen LogP contribution in [0.2, 0.25) is 5.02 Å². The third-order valence-corrected chi connectivity index (χ3v) is 7.25. The van der Waals surface area contributed by atoms with E-state index >= 15 is 0 Å². The number of piperidine rings is 1. The van der Waals surface area contributed by atoms with Crippen molar-refractivity contribution in [2.75, 3.05) is 24.6 Å². The lowest BCUT2D eigenvalue weighted by Gasteiger charge is -2.33. The summed E-state index contributed by atoms with van der Waals surface area (Å²) < 4.78 is 2.24. The molecule has 0 aliphatic carbocycles. The second-order valence-corrected chi connectivity index (χ2v) is 9.39. The number of thiophene rings is 1. The van der Waals surface area contributed by atoms with Gasteiger partial charge in [0.2, 0.25) is 0 Å². The molecule has 2 aromatic heterocycles. The molecule has 1 atom stereocenters. The number of aliphatic hydroxyl groups is 1. The van der Waals surface area contributed by atoms with Gasteiger partial charge in [0.1, 0.15) is 11.0 Å². The van der Waals surface area contributed by atoms with Crippen molar-refractivity contribution in [3.8, 4) is 16.1 Å². The van der Waals surface area contributed by atoms with Crippen LogP contribution in [0.3, 0.4) is 0 Å². The summed E-state index contributed by atoms with van der Waals surface area (Å²) in [6.45, 7) is 2.09. The van der Waals surface area contributed by atoms with Gasteiger partial charge in [-0.2, -0.15) is 0 Å². The molecule has 0 amide bonds. The molecule has 0 saturated carbocycles. The SMILES string of the molecule is O=c1c2sc(-c3ccc(Cl)cc3)cc2ncn1-c1ccc(N2CCCC(CO)C2)cc1. The minimum atomic E-state index is -0.0683. The maximum absolute atomic E-state index is 13.2. The quantitative estimate of drug-likeness (QED) is 0.475. The average Bonchev–Trinajstić information content (AvgIpc) is 3.25. The number of nitrogens with zero attached hydrogens (tertiary/aromatic N) is 3. The molecule has 3 heterocycles. The molecule has 0 radical (unpaired) electrons. The molecule has 31 heavy (non-hydrogen) atoms. The van der Waals surface area contributed by atoms with Gasteiger partial charge in [0.15, 0.2) is 0 Å². The van der Waals surface area contributed by atoms with Crippen LogP contribution in [0, 0.1) is 5.92 Å². The second kappa shape index (κ2) is 8.46. The highest BCUT2D eigenvalue weighted by atomic mass is 35.5. The third-order valence-electron chi connectivity index (χ3n) is 5.84. The predicted octanol–water partition coefficient (Wildman–Crippen LogP) is 4.98. The molecular weight excluding hydrogens is 430 g/mol. The Morgan fingerprint density at radius 3 is 2.58 bits per heavy atom. The summed E-state index contributed by atoms with van der Waals surface area (Å²) in [5.74, 6) is 0.330. The number of aliphatic hydroxyl groups excluding tert-OH is 1. The molecule has 1 aliphatic heterocycles. The lowest BCUT2D eigenvalue weighted by molar-refractivity contribution is 0.209. The summed E-state index contributed by atoms with van der Waals surface area (Å²) in [7, 11) is 0. The minimum absolute atomic E-state index is 0.0683. The molecule has 1 saturated heterocycles. The standard InChI is InChI=1S/C24H22ClN3O2S/c25-18-5-3-17(4-6-18)22-12-21-23(31-22)24(30)28(15-26-21)20-9-7-19(8-10-20)27-11-1-2-16(13-27)14-29/h3-10,12,15-16,29H,1-2,11,13-14H2. The zero-order chi connectivity index (χ0) is 21.4. The Labute approximate surface area is 189 Å². The molecule has 7 heteroatoms. The summed E-state index contributed by atoms with van der Waals surface area (Å²) in [4.78, 5) is 21.0. The van der Waals surface area contributed by atoms with Crippen LogP contribution < -0.4 is 10.5 Å². The molecule has 1 N–H and O–H groups in total. The number of benzene rings is 2. The summed E-state index contributed by atoms with van der Waals surface area (Å²) in [6, 6.07) is 17.5. The first-order valence-electron chi connectivity index (χ1n) is 10.4. The minimum Gasteiger partial charge on any atom is -0.396 e. The van der Waals surface area contributed by atoms with E-state index in [4.69, 9.17) is 11.6 Å². The highest BCUT2D eigenvalue weighted by Gasteiger charge is 2.19. The van der Waals surface area contributed by atoms with Crippen LogP contribution in [0.1, 0.15) is 12.8 Å². The fraction of sp³-hybridized carbons (Fsp3) is 0.250. The van der Waals surface area contributed by atoms with Crippen LogP contribution in [0.25, 0.3) is 26.3 Å². The smallest absolute Gasteiger partial charge is 0.275 e. The van der Waals surface area contributed by atoms with Gasteiger partial charge in [0.05, 0.1) is 11.2 Å². The van der Waals surface area contributed by atoms with E-state index in [1.165, 1.54) is 11.3 Å². The van der Waals surface area contributed by atoms with Crippen LogP contribution in [0.15, 0.2) is 65.7 Å². The van der Waals surface area contributed by atoms with Gasteiger partial charge in [-0.3, -0.25) is 9.36 Å². The van der Waals surface area contributed by atoms with Crippen molar-refractivity contribution in [1.29, 1.82) is 0 Å². The van der Waals surface area contributed by atoms with Crippen molar-refractivity contribution in [2.45, 2.75) is 12.8 Å². The molecule has 1 aliphatic rings. The first-order valence-corrected chi connectivity index (χ1v) is 11.6. The highest BCUT2D eigenvalue weighted by molar-refractivity contribution is 7.22. The molecule has 1 unspecified atom stereocenters. The molecule has 0 bridgehead atoms. The number of hydrogen-bond acceptors (Lipinski definition) is 5. The molecule has 0 spiro atoms. The average molecular weight is 452 g/mol. The van der Waals surface area contributed by atoms with Gasteiger partial charge in [0.25, 0.3) is 5.56 Å². The van der Waals surface area contributed by atoms with Crippen molar-refractivity contribution >= 4 is 38.8 Å². The van der Waals surface area contributed by atoms with E-state index in [1.54, 1.807) is 10.9 Å². The lowest BCUT2D eigenvalue weighted by Crippen LogP contribution is -2.36. The van der Waals surface area contributed by atoms with E-state index in [-0.39, 0.29) is 12.2 Å². The van der Waals surface area contributed by atoms with Gasteiger partial charge < -0.3 is 10.0 Å². The Balaban J connectivity index is 1.45. The number of aromatic nitrogens is 2. The molecule has 2 aromatic carbocycles. The lowest BCUT2D eigenvalue weighted by atomic mass is 9.98. The van der Waals surface area contributed by atoms with Crippen LogP contribution in [0.5, 0.6) is 0 Å². The number of anilines is 1. The highest BCUT2D eigenvalue weighted by Crippen LogP contribution is 2.32. The maximum atomic E-state index is 13.2. The Morgan fingerprint density at radius 2 is 1.84 bits per heavy atom. The van der Waals surface area contributed by atoms with E-state index in [9.17, 15) is 9.90 Å². The van der Waals surface area contributed by atoms with Crippen molar-refractivity contribution in [1.82, 2.24) is 9.55 Å². The Hall–Kier alpha value is -2.67. The summed E-state index contributed by atoms with van der Waals surface area (Å²) in [6.07, 6.45) is 3.76. The molecule has 158 valence electrons. The largest absolute Gasteiger partial charge is 0.396 e. The van der Waals surface area contributed by atoms with Gasteiger partial charge in [0, 0.05) is 35.3 Å². The molecule has 5 nitrogen and oxygen atoms in total. The second-order valence-electron chi connectivity index (χ2n) is 7.90. The summed E-state index contributed by atoms with van der Waals surface area (Å²) in [5.41, 5.74) is 3.56. The monoisotopic (exact) mass is 451 g/mol. The van der Waals surface area contributed by atoms with Crippen molar-refractivity contribution in [2.24, 2.45) is 5.92 Å². The van der Waals surface area contributed by atoms with Crippen LogP contribution in [0.4, 0.5) is 5.69 Å². The topological polar surface area (TPSA) is 58.4 Å². The van der Waals surface area contributed by atoms with E-state index in [0.29, 0.717) is 21.2 Å². The van der Waals surface area contributed by atoms with Gasteiger partial charge in [-0.25, -0.2) is 4.98 Å². The zero-order valence-corrected chi connectivity index (χ0v) is 18.4. The fourth-order valence-corrected chi connectivity index (χ4v) is 5.30. The molecule has 1 fully saturated rings. The molecule has 5 rings (SSSR count). The summed E-state index contributed by atoms with van der Waals surface area (Å²) in [5, 5.41) is 10.2. The molecule has 4 aromatic rings. The van der Waals surface area contributed by atoms with E-state index in [1.807, 2.05) is 54.6 Å². The number of halogens is 1. The number of fused-ring (bicyclic) bond motifs is 1. The van der Waals surface area contributed by atoms with E-state index in [2.05, 4.69) is 9.88 Å². The van der Waals surface area contributed by atoms with Gasteiger partial charge in [-0.1, -0.05) is 23.7 Å².